The highest BCUT2D eigenvalue weighted by atomic mass is 16.5. The van der Waals surface area contributed by atoms with Crippen LogP contribution in [0.5, 0.6) is 0 Å². The lowest BCUT2D eigenvalue weighted by molar-refractivity contribution is -0.141. The van der Waals surface area contributed by atoms with Crippen LogP contribution in [-0.4, -0.2) is 49.6 Å². The normalized spacial score (nSPS) is 22.2. The maximum Gasteiger partial charge on any atom is 0.323 e. The molecule has 1 saturated heterocycles. The van der Waals surface area contributed by atoms with Crippen molar-refractivity contribution in [3.05, 3.63) is 0 Å². The Morgan fingerprint density at radius 3 is 3.06 bits per heavy atom. The molecule has 0 bridgehead atoms. The highest BCUT2D eigenvalue weighted by Crippen LogP contribution is 2.11. The van der Waals surface area contributed by atoms with Gasteiger partial charge in [-0.15, -0.1) is 0 Å². The maximum atomic E-state index is 10.9. The summed E-state index contributed by atoms with van der Waals surface area (Å²) < 4.78 is 10.8. The Bertz CT molecular complexity index is 204. The SMILES string of the molecule is CCCNC(COCC1CCCO1)C(=O)O. The van der Waals surface area contributed by atoms with Crippen molar-refractivity contribution < 1.29 is 19.4 Å². The number of hydrogen-bond acceptors (Lipinski definition) is 4. The minimum absolute atomic E-state index is 0.153. The van der Waals surface area contributed by atoms with Crippen molar-refractivity contribution in [2.24, 2.45) is 0 Å². The first-order valence-electron chi connectivity index (χ1n) is 5.89. The average molecular weight is 231 g/mol. The van der Waals surface area contributed by atoms with Crippen molar-refractivity contribution in [3.8, 4) is 0 Å². The van der Waals surface area contributed by atoms with Gasteiger partial charge in [-0.3, -0.25) is 4.79 Å². The molecule has 0 aromatic carbocycles. The number of aliphatic carboxylic acids is 1. The molecule has 0 spiro atoms. The van der Waals surface area contributed by atoms with E-state index in [0.717, 1.165) is 25.9 Å². The fourth-order valence-corrected chi connectivity index (χ4v) is 1.63. The fraction of sp³-hybridized carbons (Fsp3) is 0.909. The first-order chi connectivity index (χ1) is 7.74. The van der Waals surface area contributed by atoms with E-state index in [0.29, 0.717) is 13.2 Å². The van der Waals surface area contributed by atoms with E-state index in [1.807, 2.05) is 6.92 Å². The third-order valence-electron chi connectivity index (χ3n) is 2.55. The van der Waals surface area contributed by atoms with E-state index in [1.165, 1.54) is 0 Å². The molecule has 0 saturated carbocycles. The van der Waals surface area contributed by atoms with E-state index in [9.17, 15) is 4.79 Å². The molecule has 0 aliphatic carbocycles. The maximum absolute atomic E-state index is 10.9. The standard InChI is InChI=1S/C11H21NO4/c1-2-5-12-10(11(13)14)8-15-7-9-4-3-6-16-9/h9-10,12H,2-8H2,1H3,(H,13,14). The molecule has 5 heteroatoms. The van der Waals surface area contributed by atoms with Crippen molar-refractivity contribution in [2.45, 2.75) is 38.3 Å². The first-order valence-corrected chi connectivity index (χ1v) is 5.89. The second-order valence-electron chi connectivity index (χ2n) is 4.02. The van der Waals surface area contributed by atoms with Gasteiger partial charge in [0.05, 0.1) is 19.3 Å². The van der Waals surface area contributed by atoms with Gasteiger partial charge in [0.15, 0.2) is 0 Å². The van der Waals surface area contributed by atoms with Gasteiger partial charge >= 0.3 is 5.97 Å². The van der Waals surface area contributed by atoms with Crippen LogP contribution in [0.3, 0.4) is 0 Å². The van der Waals surface area contributed by atoms with Crippen LogP contribution < -0.4 is 5.32 Å². The van der Waals surface area contributed by atoms with Gasteiger partial charge < -0.3 is 19.9 Å². The molecule has 1 fully saturated rings. The van der Waals surface area contributed by atoms with Gasteiger partial charge in [-0.2, -0.15) is 0 Å². The third-order valence-corrected chi connectivity index (χ3v) is 2.55. The van der Waals surface area contributed by atoms with Crippen molar-refractivity contribution in [2.75, 3.05) is 26.4 Å². The fourth-order valence-electron chi connectivity index (χ4n) is 1.63. The Morgan fingerprint density at radius 2 is 2.50 bits per heavy atom. The Kier molecular flexibility index (Phi) is 6.37. The second kappa shape index (κ2) is 7.60. The molecule has 0 aromatic heterocycles. The van der Waals surface area contributed by atoms with Crippen LogP contribution in [0.15, 0.2) is 0 Å². The zero-order valence-corrected chi connectivity index (χ0v) is 9.78. The van der Waals surface area contributed by atoms with Crippen molar-refractivity contribution in [3.63, 3.8) is 0 Å². The number of hydrogen-bond donors (Lipinski definition) is 2. The van der Waals surface area contributed by atoms with Crippen LogP contribution in [0.2, 0.25) is 0 Å². The summed E-state index contributed by atoms with van der Waals surface area (Å²) >= 11 is 0. The lowest BCUT2D eigenvalue weighted by Crippen LogP contribution is -2.41. The van der Waals surface area contributed by atoms with E-state index in [4.69, 9.17) is 14.6 Å². The van der Waals surface area contributed by atoms with Gasteiger partial charge in [-0.1, -0.05) is 6.92 Å². The number of carboxylic acids is 1. The summed E-state index contributed by atoms with van der Waals surface area (Å²) in [6.45, 7) is 4.19. The van der Waals surface area contributed by atoms with Gasteiger partial charge in [0, 0.05) is 6.61 Å². The van der Waals surface area contributed by atoms with Crippen LogP contribution in [0.4, 0.5) is 0 Å². The van der Waals surface area contributed by atoms with E-state index in [-0.39, 0.29) is 12.7 Å². The molecule has 1 heterocycles. The Balaban J connectivity index is 2.13. The molecule has 0 aromatic rings. The molecule has 16 heavy (non-hydrogen) atoms. The minimum atomic E-state index is -0.860. The van der Waals surface area contributed by atoms with Gasteiger partial charge in [-0.05, 0) is 25.8 Å². The van der Waals surface area contributed by atoms with Crippen LogP contribution in [0, 0.1) is 0 Å². The van der Waals surface area contributed by atoms with Crippen molar-refractivity contribution >= 4 is 5.97 Å². The van der Waals surface area contributed by atoms with Gasteiger partial charge in [-0.25, -0.2) is 0 Å². The molecule has 2 atom stereocenters. The number of carbonyl (C=O) groups is 1. The largest absolute Gasteiger partial charge is 0.480 e. The average Bonchev–Trinajstić information content (AvgIpc) is 2.75. The molecule has 94 valence electrons. The van der Waals surface area contributed by atoms with Crippen LogP contribution in [-0.2, 0) is 14.3 Å². The molecule has 1 aliphatic heterocycles. The van der Waals surface area contributed by atoms with Gasteiger partial charge in [0.25, 0.3) is 0 Å². The lowest BCUT2D eigenvalue weighted by Gasteiger charge is -2.16. The summed E-state index contributed by atoms with van der Waals surface area (Å²) in [4.78, 5) is 10.9. The summed E-state index contributed by atoms with van der Waals surface area (Å²) in [6.07, 6.45) is 3.15. The predicted molar refractivity (Wildman–Crippen MR) is 59.5 cm³/mol. The molecular weight excluding hydrogens is 210 g/mol. The molecular formula is C11H21NO4. The van der Waals surface area contributed by atoms with Crippen molar-refractivity contribution in [1.82, 2.24) is 5.32 Å². The number of carboxylic acid groups (broad SMARTS) is 1. The Hall–Kier alpha value is -0.650. The highest BCUT2D eigenvalue weighted by molar-refractivity contribution is 5.73. The van der Waals surface area contributed by atoms with Gasteiger partial charge in [0.2, 0.25) is 0 Å². The molecule has 2 N–H and O–H groups in total. The summed E-state index contributed by atoms with van der Waals surface area (Å²) in [5, 5.41) is 11.8. The van der Waals surface area contributed by atoms with E-state index < -0.39 is 12.0 Å². The first kappa shape index (κ1) is 13.4. The molecule has 0 radical (unpaired) electrons. The topological polar surface area (TPSA) is 67.8 Å². The van der Waals surface area contributed by atoms with Crippen molar-refractivity contribution in [1.29, 1.82) is 0 Å². The third kappa shape index (κ3) is 4.92. The minimum Gasteiger partial charge on any atom is -0.480 e. The zero-order chi connectivity index (χ0) is 11.8. The zero-order valence-electron chi connectivity index (χ0n) is 9.78. The highest BCUT2D eigenvalue weighted by Gasteiger charge is 2.19. The summed E-state index contributed by atoms with van der Waals surface area (Å²) in [7, 11) is 0. The molecule has 1 aliphatic rings. The summed E-state index contributed by atoms with van der Waals surface area (Å²) in [5.74, 6) is -0.860. The molecule has 5 nitrogen and oxygen atoms in total. The van der Waals surface area contributed by atoms with Crippen LogP contribution in [0.1, 0.15) is 26.2 Å². The van der Waals surface area contributed by atoms with Gasteiger partial charge in [0.1, 0.15) is 6.04 Å². The van der Waals surface area contributed by atoms with Crippen LogP contribution >= 0.6 is 0 Å². The quantitative estimate of drug-likeness (QED) is 0.641. The second-order valence-corrected chi connectivity index (χ2v) is 4.02. The Labute approximate surface area is 96.1 Å². The smallest absolute Gasteiger partial charge is 0.323 e. The predicted octanol–water partition coefficient (Wildman–Crippen LogP) is 0.635. The number of nitrogens with one attached hydrogen (secondary N) is 1. The summed E-state index contributed by atoms with van der Waals surface area (Å²) in [5.41, 5.74) is 0. The lowest BCUT2D eigenvalue weighted by atomic mass is 10.2. The van der Waals surface area contributed by atoms with E-state index >= 15 is 0 Å². The Morgan fingerprint density at radius 1 is 1.69 bits per heavy atom. The molecule has 1 rings (SSSR count). The van der Waals surface area contributed by atoms with E-state index in [2.05, 4.69) is 5.32 Å². The number of rotatable bonds is 8. The van der Waals surface area contributed by atoms with Crippen LogP contribution in [0.25, 0.3) is 0 Å². The summed E-state index contributed by atoms with van der Waals surface area (Å²) in [6, 6.07) is -0.610. The monoisotopic (exact) mass is 231 g/mol. The van der Waals surface area contributed by atoms with E-state index in [1.54, 1.807) is 0 Å². The molecule has 2 unspecified atom stereocenters. The molecule has 0 amide bonds. The number of ether oxygens (including phenoxy) is 2.